The molecule has 2 aromatic carbocycles. The van der Waals surface area contributed by atoms with Crippen molar-refractivity contribution < 1.29 is 23.9 Å². The summed E-state index contributed by atoms with van der Waals surface area (Å²) in [5.41, 5.74) is 5.95. The Balaban J connectivity index is 2.03. The number of halogens is 1. The van der Waals surface area contributed by atoms with Crippen LogP contribution in [0.2, 0.25) is 5.02 Å². The van der Waals surface area contributed by atoms with Crippen molar-refractivity contribution in [2.75, 3.05) is 11.5 Å². The minimum absolute atomic E-state index is 0.252. The van der Waals surface area contributed by atoms with Gasteiger partial charge in [-0.2, -0.15) is 0 Å². The van der Waals surface area contributed by atoms with E-state index >= 15 is 0 Å². The van der Waals surface area contributed by atoms with Crippen molar-refractivity contribution in [1.82, 2.24) is 5.32 Å². The van der Waals surface area contributed by atoms with E-state index in [0.29, 0.717) is 16.1 Å². The maximum atomic E-state index is 13.0. The zero-order valence-corrected chi connectivity index (χ0v) is 16.0. The van der Waals surface area contributed by atoms with Crippen LogP contribution in [0.3, 0.4) is 0 Å². The number of nitrogens with two attached hydrogens (primary N) is 1. The van der Waals surface area contributed by atoms with Crippen molar-refractivity contribution in [2.45, 2.75) is 6.92 Å². The number of hydrogen-bond donors (Lipinski definition) is 2. The second kappa shape index (κ2) is 8.15. The number of carbonyl (C=O) groups excluding carboxylic acids is 4. The van der Waals surface area contributed by atoms with E-state index in [1.54, 1.807) is 49.4 Å². The topological polar surface area (TPSA) is 119 Å². The average molecular weight is 414 g/mol. The van der Waals surface area contributed by atoms with Gasteiger partial charge in [-0.15, -0.1) is 0 Å². The van der Waals surface area contributed by atoms with Gasteiger partial charge in [0.25, 0.3) is 17.7 Å². The molecule has 3 rings (SSSR count). The summed E-state index contributed by atoms with van der Waals surface area (Å²) in [6, 6.07) is 10.4. The van der Waals surface area contributed by atoms with E-state index in [0.717, 1.165) is 4.90 Å². The second-order valence-electron chi connectivity index (χ2n) is 6.13. The first-order valence-corrected chi connectivity index (χ1v) is 8.84. The first-order chi connectivity index (χ1) is 13.8. The van der Waals surface area contributed by atoms with Crippen molar-refractivity contribution in [3.05, 3.63) is 64.2 Å². The normalized spacial score (nSPS) is 15.4. The number of rotatable bonds is 5. The lowest BCUT2D eigenvalue weighted by Gasteiger charge is -2.27. The van der Waals surface area contributed by atoms with E-state index in [1.807, 2.05) is 0 Å². The Bertz CT molecular complexity index is 1060. The number of imide groups is 2. The fourth-order valence-electron chi connectivity index (χ4n) is 2.75. The Morgan fingerprint density at radius 1 is 1.17 bits per heavy atom. The molecule has 0 unspecified atom stereocenters. The summed E-state index contributed by atoms with van der Waals surface area (Å²) >= 11 is 6.10. The van der Waals surface area contributed by atoms with Gasteiger partial charge in [0.2, 0.25) is 0 Å². The number of urea groups is 1. The summed E-state index contributed by atoms with van der Waals surface area (Å²) in [7, 11) is 0. The Morgan fingerprint density at radius 3 is 2.62 bits per heavy atom. The highest BCUT2D eigenvalue weighted by Gasteiger charge is 2.37. The van der Waals surface area contributed by atoms with E-state index in [1.165, 1.54) is 6.08 Å². The molecule has 0 aliphatic carbocycles. The number of primary amides is 1. The van der Waals surface area contributed by atoms with Crippen LogP contribution in [0.1, 0.15) is 11.1 Å². The number of nitrogens with zero attached hydrogens (tertiary/aromatic N) is 1. The maximum Gasteiger partial charge on any atom is 0.335 e. The molecule has 8 nitrogen and oxygen atoms in total. The van der Waals surface area contributed by atoms with Crippen LogP contribution in [-0.4, -0.2) is 30.4 Å². The molecule has 29 heavy (non-hydrogen) atoms. The predicted molar refractivity (Wildman–Crippen MR) is 106 cm³/mol. The molecule has 1 heterocycles. The predicted octanol–water partition coefficient (Wildman–Crippen LogP) is 2.18. The molecule has 1 aliphatic heterocycles. The van der Waals surface area contributed by atoms with Gasteiger partial charge in [0.15, 0.2) is 6.61 Å². The molecule has 148 valence electrons. The summed E-state index contributed by atoms with van der Waals surface area (Å²) in [5, 5.41) is 2.52. The molecule has 1 aliphatic rings. The van der Waals surface area contributed by atoms with Crippen molar-refractivity contribution in [3.63, 3.8) is 0 Å². The van der Waals surface area contributed by atoms with Crippen LogP contribution in [-0.2, 0) is 14.4 Å². The van der Waals surface area contributed by atoms with Crippen LogP contribution in [0.15, 0.2) is 48.0 Å². The lowest BCUT2D eigenvalue weighted by Crippen LogP contribution is -2.54. The third kappa shape index (κ3) is 4.12. The Labute approximate surface area is 170 Å². The number of amides is 5. The zero-order chi connectivity index (χ0) is 21.1. The molecule has 0 radical (unpaired) electrons. The van der Waals surface area contributed by atoms with Gasteiger partial charge in [0.1, 0.15) is 11.3 Å². The maximum absolute atomic E-state index is 13.0. The fraction of sp³-hybridized carbons (Fsp3) is 0.100. The van der Waals surface area contributed by atoms with E-state index in [2.05, 4.69) is 5.32 Å². The molecule has 3 N–H and O–H groups in total. The van der Waals surface area contributed by atoms with Crippen molar-refractivity contribution in [1.29, 1.82) is 0 Å². The summed E-state index contributed by atoms with van der Waals surface area (Å²) < 4.78 is 5.32. The summed E-state index contributed by atoms with van der Waals surface area (Å²) in [5.74, 6) is -2.08. The number of anilines is 1. The summed E-state index contributed by atoms with van der Waals surface area (Å²) in [6.45, 7) is 1.29. The van der Waals surface area contributed by atoms with Crippen LogP contribution >= 0.6 is 11.6 Å². The molecule has 0 bridgehead atoms. The monoisotopic (exact) mass is 413 g/mol. The van der Waals surface area contributed by atoms with Gasteiger partial charge in [-0.1, -0.05) is 35.9 Å². The lowest BCUT2D eigenvalue weighted by atomic mass is 10.0. The third-order valence-corrected chi connectivity index (χ3v) is 4.58. The highest BCUT2D eigenvalue weighted by molar-refractivity contribution is 6.40. The summed E-state index contributed by atoms with van der Waals surface area (Å²) in [4.78, 5) is 49.5. The van der Waals surface area contributed by atoms with Crippen LogP contribution in [0.5, 0.6) is 5.75 Å². The third-order valence-electron chi connectivity index (χ3n) is 4.17. The highest BCUT2D eigenvalue weighted by atomic mass is 35.5. The van der Waals surface area contributed by atoms with Crippen molar-refractivity contribution in [2.24, 2.45) is 5.73 Å². The molecule has 0 spiro atoms. The largest absolute Gasteiger partial charge is 0.483 e. The second-order valence-corrected chi connectivity index (χ2v) is 6.54. The van der Waals surface area contributed by atoms with E-state index in [-0.39, 0.29) is 23.6 Å². The van der Waals surface area contributed by atoms with Crippen LogP contribution in [0.4, 0.5) is 10.5 Å². The molecule has 2 aromatic rings. The number of para-hydroxylation sites is 1. The quantitative estimate of drug-likeness (QED) is 0.575. The standard InChI is InChI=1S/C20H16ClN3O5/c1-11-14(21)6-4-7-15(11)24-19(27)13(18(26)23-20(24)28)9-12-5-2-3-8-16(12)29-10-17(22)25/h2-9H,10H2,1H3,(H2,22,25)(H,23,26,28)/b13-9+. The van der Waals surface area contributed by atoms with Gasteiger partial charge in [-0.3, -0.25) is 19.7 Å². The Kier molecular flexibility index (Phi) is 5.65. The van der Waals surface area contributed by atoms with Crippen LogP contribution in [0.25, 0.3) is 6.08 Å². The van der Waals surface area contributed by atoms with Crippen molar-refractivity contribution >= 4 is 47.1 Å². The SMILES string of the molecule is Cc1c(Cl)cccc1N1C(=O)NC(=O)/C(=C\c2ccccc2OCC(N)=O)C1=O. The van der Waals surface area contributed by atoms with Crippen LogP contribution < -0.4 is 20.7 Å². The number of nitrogens with one attached hydrogen (secondary N) is 1. The number of carbonyl (C=O) groups is 4. The molecular weight excluding hydrogens is 398 g/mol. The van der Waals surface area contributed by atoms with E-state index in [4.69, 9.17) is 22.1 Å². The van der Waals surface area contributed by atoms with Crippen LogP contribution in [0, 0.1) is 6.92 Å². The Hall–Kier alpha value is -3.65. The van der Waals surface area contributed by atoms with Gasteiger partial charge in [-0.25, -0.2) is 9.69 Å². The number of hydrogen-bond acceptors (Lipinski definition) is 5. The molecule has 0 atom stereocenters. The number of barbiturate groups is 1. The molecule has 1 fully saturated rings. The van der Waals surface area contributed by atoms with Gasteiger partial charge in [-0.05, 0) is 36.8 Å². The lowest BCUT2D eigenvalue weighted by molar-refractivity contribution is -0.123. The van der Waals surface area contributed by atoms with Gasteiger partial charge in [0, 0.05) is 10.6 Å². The number of benzene rings is 2. The minimum Gasteiger partial charge on any atom is -0.483 e. The first kappa shape index (κ1) is 20.1. The molecule has 9 heteroatoms. The van der Waals surface area contributed by atoms with Gasteiger partial charge in [0.05, 0.1) is 5.69 Å². The van der Waals surface area contributed by atoms with Gasteiger partial charge >= 0.3 is 6.03 Å². The minimum atomic E-state index is -0.874. The van der Waals surface area contributed by atoms with Gasteiger partial charge < -0.3 is 10.5 Å². The zero-order valence-electron chi connectivity index (χ0n) is 15.3. The van der Waals surface area contributed by atoms with Crippen molar-refractivity contribution in [3.8, 4) is 5.75 Å². The molecule has 1 saturated heterocycles. The summed E-state index contributed by atoms with van der Waals surface area (Å²) in [6.07, 6.45) is 1.29. The fourth-order valence-corrected chi connectivity index (χ4v) is 2.92. The molecule has 0 saturated carbocycles. The average Bonchev–Trinajstić information content (AvgIpc) is 2.67. The molecular formula is C20H16ClN3O5. The highest BCUT2D eigenvalue weighted by Crippen LogP contribution is 2.30. The van der Waals surface area contributed by atoms with E-state index < -0.39 is 23.8 Å². The number of ether oxygens (including phenoxy) is 1. The molecule has 5 amide bonds. The first-order valence-electron chi connectivity index (χ1n) is 8.46. The Morgan fingerprint density at radius 2 is 1.90 bits per heavy atom. The molecule has 0 aromatic heterocycles. The van der Waals surface area contributed by atoms with E-state index in [9.17, 15) is 19.2 Å². The smallest absolute Gasteiger partial charge is 0.335 e.